The van der Waals surface area contributed by atoms with Gasteiger partial charge in [-0.3, -0.25) is 0 Å². The predicted octanol–water partition coefficient (Wildman–Crippen LogP) is 4.44. The molecular weight excluding hydrogens is 265 g/mol. The van der Waals surface area contributed by atoms with Gasteiger partial charge in [0, 0.05) is 12.2 Å². The number of hydrogen-bond acceptors (Lipinski definition) is 2. The van der Waals surface area contributed by atoms with Crippen LogP contribution in [0.2, 0.25) is 0 Å². The first-order chi connectivity index (χ1) is 10.2. The van der Waals surface area contributed by atoms with Crippen LogP contribution in [-0.4, -0.2) is 11.7 Å². The molecule has 1 aliphatic rings. The lowest BCUT2D eigenvalue weighted by molar-refractivity contribution is 0.467. The average molecular weight is 285 g/mol. The van der Waals surface area contributed by atoms with Gasteiger partial charge in [-0.2, -0.15) is 0 Å². The van der Waals surface area contributed by atoms with Gasteiger partial charge in [-0.15, -0.1) is 0 Å². The van der Waals surface area contributed by atoms with Crippen molar-refractivity contribution >= 4 is 5.69 Å². The van der Waals surface area contributed by atoms with Gasteiger partial charge in [0.05, 0.1) is 6.04 Å². The third-order valence-electron chi connectivity index (χ3n) is 4.27. The van der Waals surface area contributed by atoms with Crippen molar-refractivity contribution < 1.29 is 9.50 Å². The smallest absolute Gasteiger partial charge is 0.125 e. The molecular formula is C18H20FNO. The summed E-state index contributed by atoms with van der Waals surface area (Å²) >= 11 is 0. The molecule has 0 heterocycles. The first-order valence-corrected chi connectivity index (χ1v) is 7.53. The minimum absolute atomic E-state index is 0.202. The van der Waals surface area contributed by atoms with Crippen LogP contribution >= 0.6 is 0 Å². The van der Waals surface area contributed by atoms with E-state index in [0.717, 1.165) is 31.5 Å². The highest BCUT2D eigenvalue weighted by Crippen LogP contribution is 2.38. The number of nitrogens with zero attached hydrogens (tertiary/aromatic N) is 1. The van der Waals surface area contributed by atoms with Gasteiger partial charge in [0.2, 0.25) is 0 Å². The van der Waals surface area contributed by atoms with Gasteiger partial charge in [0.25, 0.3) is 0 Å². The largest absolute Gasteiger partial charge is 0.508 e. The van der Waals surface area contributed by atoms with Crippen LogP contribution in [0.5, 0.6) is 5.75 Å². The van der Waals surface area contributed by atoms with E-state index >= 15 is 0 Å². The molecule has 0 aromatic heterocycles. The van der Waals surface area contributed by atoms with E-state index < -0.39 is 0 Å². The molecule has 1 aliphatic carbocycles. The maximum Gasteiger partial charge on any atom is 0.125 e. The van der Waals surface area contributed by atoms with E-state index in [4.69, 9.17) is 0 Å². The summed E-state index contributed by atoms with van der Waals surface area (Å²) in [6.45, 7) is 2.89. The third kappa shape index (κ3) is 2.73. The molecule has 2 nitrogen and oxygen atoms in total. The molecule has 21 heavy (non-hydrogen) atoms. The van der Waals surface area contributed by atoms with Crippen LogP contribution in [0.25, 0.3) is 0 Å². The zero-order valence-corrected chi connectivity index (χ0v) is 12.2. The number of hydrogen-bond donors (Lipinski definition) is 1. The standard InChI is InChI=1S/C18H20FNO/c1-2-20(15-7-4-6-14(19)11-15)18-8-3-5-13-9-10-16(21)12-17(13)18/h4,6-7,9-12,18,21H,2-3,5,8H2,1H3. The molecule has 0 radical (unpaired) electrons. The van der Waals surface area contributed by atoms with Crippen LogP contribution in [-0.2, 0) is 6.42 Å². The number of rotatable bonds is 3. The van der Waals surface area contributed by atoms with Gasteiger partial charge in [0.15, 0.2) is 0 Å². The lowest BCUT2D eigenvalue weighted by atomic mass is 9.86. The van der Waals surface area contributed by atoms with Crippen molar-refractivity contribution in [2.45, 2.75) is 32.2 Å². The Kier molecular flexibility index (Phi) is 3.82. The zero-order chi connectivity index (χ0) is 14.8. The summed E-state index contributed by atoms with van der Waals surface area (Å²) in [6.07, 6.45) is 3.20. The summed E-state index contributed by atoms with van der Waals surface area (Å²) in [7, 11) is 0. The van der Waals surface area contributed by atoms with Crippen molar-refractivity contribution in [2.75, 3.05) is 11.4 Å². The predicted molar refractivity (Wildman–Crippen MR) is 83.2 cm³/mol. The number of phenols is 1. The monoisotopic (exact) mass is 285 g/mol. The highest BCUT2D eigenvalue weighted by atomic mass is 19.1. The van der Waals surface area contributed by atoms with E-state index in [1.165, 1.54) is 17.2 Å². The highest BCUT2D eigenvalue weighted by molar-refractivity contribution is 5.51. The molecule has 1 unspecified atom stereocenters. The Bertz CT molecular complexity index is 641. The van der Waals surface area contributed by atoms with Gasteiger partial charge < -0.3 is 10.0 Å². The van der Waals surface area contributed by atoms with E-state index in [1.807, 2.05) is 18.2 Å². The van der Waals surface area contributed by atoms with Crippen molar-refractivity contribution in [3.63, 3.8) is 0 Å². The summed E-state index contributed by atoms with van der Waals surface area (Å²) in [5, 5.41) is 9.80. The number of fused-ring (bicyclic) bond motifs is 1. The Morgan fingerprint density at radius 3 is 2.86 bits per heavy atom. The molecule has 2 aromatic carbocycles. The van der Waals surface area contributed by atoms with Crippen LogP contribution in [0.15, 0.2) is 42.5 Å². The number of benzene rings is 2. The lowest BCUT2D eigenvalue weighted by Crippen LogP contribution is -2.31. The van der Waals surface area contributed by atoms with E-state index in [1.54, 1.807) is 18.2 Å². The minimum Gasteiger partial charge on any atom is -0.508 e. The molecule has 0 spiro atoms. The molecule has 1 N–H and O–H groups in total. The molecule has 110 valence electrons. The van der Waals surface area contributed by atoms with Gasteiger partial charge in [-0.25, -0.2) is 4.39 Å². The third-order valence-corrected chi connectivity index (χ3v) is 4.27. The topological polar surface area (TPSA) is 23.5 Å². The van der Waals surface area contributed by atoms with E-state index in [-0.39, 0.29) is 11.9 Å². The number of phenolic OH excluding ortho intramolecular Hbond substituents is 1. The second-order valence-corrected chi connectivity index (χ2v) is 5.56. The van der Waals surface area contributed by atoms with E-state index in [2.05, 4.69) is 11.8 Å². The normalized spacial score (nSPS) is 17.3. The molecule has 1 atom stereocenters. The van der Waals surface area contributed by atoms with Crippen LogP contribution < -0.4 is 4.90 Å². The summed E-state index contributed by atoms with van der Waals surface area (Å²) in [4.78, 5) is 2.22. The lowest BCUT2D eigenvalue weighted by Gasteiger charge is -2.37. The van der Waals surface area contributed by atoms with Gasteiger partial charge in [0.1, 0.15) is 11.6 Å². The van der Waals surface area contributed by atoms with Crippen molar-refractivity contribution in [1.29, 1.82) is 0 Å². The molecule has 0 saturated carbocycles. The van der Waals surface area contributed by atoms with Crippen molar-refractivity contribution in [1.82, 2.24) is 0 Å². The van der Waals surface area contributed by atoms with Gasteiger partial charge >= 0.3 is 0 Å². The summed E-state index contributed by atoms with van der Waals surface area (Å²) in [5.41, 5.74) is 3.37. The molecule has 0 aliphatic heterocycles. The Balaban J connectivity index is 2.01. The van der Waals surface area contributed by atoms with Crippen molar-refractivity contribution in [2.24, 2.45) is 0 Å². The fraction of sp³-hybridized carbons (Fsp3) is 0.333. The molecule has 0 fully saturated rings. The first kappa shape index (κ1) is 13.9. The number of anilines is 1. The second-order valence-electron chi connectivity index (χ2n) is 5.56. The Labute approximate surface area is 124 Å². The second kappa shape index (κ2) is 5.76. The average Bonchev–Trinajstić information content (AvgIpc) is 2.48. The molecule has 0 amide bonds. The van der Waals surface area contributed by atoms with Gasteiger partial charge in [-0.05, 0) is 67.6 Å². The number of aromatic hydroxyl groups is 1. The van der Waals surface area contributed by atoms with Crippen LogP contribution in [0.4, 0.5) is 10.1 Å². The molecule has 2 aromatic rings. The van der Waals surface area contributed by atoms with E-state index in [0.29, 0.717) is 5.75 Å². The summed E-state index contributed by atoms with van der Waals surface area (Å²) in [6, 6.07) is 12.6. The van der Waals surface area contributed by atoms with Crippen LogP contribution in [0.1, 0.15) is 36.9 Å². The fourth-order valence-electron chi connectivity index (χ4n) is 3.32. The zero-order valence-electron chi connectivity index (χ0n) is 12.2. The molecule has 0 saturated heterocycles. The van der Waals surface area contributed by atoms with E-state index in [9.17, 15) is 9.50 Å². The maximum absolute atomic E-state index is 13.5. The quantitative estimate of drug-likeness (QED) is 0.901. The summed E-state index contributed by atoms with van der Waals surface area (Å²) < 4.78 is 13.5. The first-order valence-electron chi connectivity index (χ1n) is 7.53. The molecule has 3 heteroatoms. The molecule has 3 rings (SSSR count). The molecule has 0 bridgehead atoms. The van der Waals surface area contributed by atoms with Gasteiger partial charge in [-0.1, -0.05) is 12.1 Å². The van der Waals surface area contributed by atoms with Crippen LogP contribution in [0.3, 0.4) is 0 Å². The summed E-state index contributed by atoms with van der Waals surface area (Å²) in [5.74, 6) is 0.0915. The number of aryl methyl sites for hydroxylation is 1. The Morgan fingerprint density at radius 2 is 2.10 bits per heavy atom. The van der Waals surface area contributed by atoms with Crippen molar-refractivity contribution in [3.05, 3.63) is 59.4 Å². The van der Waals surface area contributed by atoms with Crippen molar-refractivity contribution in [3.8, 4) is 5.75 Å². The fourth-order valence-corrected chi connectivity index (χ4v) is 3.32. The highest BCUT2D eigenvalue weighted by Gasteiger charge is 2.26. The SMILES string of the molecule is CCN(c1cccc(F)c1)C1CCCc2ccc(O)cc21. The maximum atomic E-state index is 13.5. The Hall–Kier alpha value is -2.03. The minimum atomic E-state index is -0.210. The number of halogens is 1. The van der Waals surface area contributed by atoms with Crippen LogP contribution in [0, 0.1) is 5.82 Å². The Morgan fingerprint density at radius 1 is 1.24 bits per heavy atom.